The molecule has 4 heteroatoms. The molecule has 1 aromatic rings. The lowest BCUT2D eigenvalue weighted by molar-refractivity contribution is -0.146. The maximum Gasteiger partial charge on any atom is 0.327 e. The molecule has 0 aliphatic rings. The van der Waals surface area contributed by atoms with Gasteiger partial charge in [-0.05, 0) is 12.0 Å². The van der Waals surface area contributed by atoms with Crippen molar-refractivity contribution in [2.75, 3.05) is 19.8 Å². The molecule has 1 rings (SSSR count). The van der Waals surface area contributed by atoms with E-state index in [2.05, 4.69) is 0 Å². The van der Waals surface area contributed by atoms with Crippen LogP contribution in [-0.4, -0.2) is 25.8 Å². The molecule has 0 heterocycles. The zero-order chi connectivity index (χ0) is 12.5. The molecular formula is C13H19NO3. The van der Waals surface area contributed by atoms with Crippen molar-refractivity contribution in [1.29, 1.82) is 0 Å². The average molecular weight is 237 g/mol. The van der Waals surface area contributed by atoms with Gasteiger partial charge >= 0.3 is 5.97 Å². The minimum absolute atomic E-state index is 0.249. The van der Waals surface area contributed by atoms with Crippen molar-refractivity contribution in [2.45, 2.75) is 19.4 Å². The molecular weight excluding hydrogens is 218 g/mol. The Bertz CT molecular complexity index is 327. The number of carbonyl (C=O) groups excluding carboxylic acids is 1. The van der Waals surface area contributed by atoms with E-state index in [1.54, 1.807) is 12.1 Å². The fourth-order valence-corrected chi connectivity index (χ4v) is 1.33. The first-order chi connectivity index (χ1) is 8.25. The quantitative estimate of drug-likeness (QED) is 0.578. The van der Waals surface area contributed by atoms with Crippen molar-refractivity contribution in [3.05, 3.63) is 35.9 Å². The Kier molecular flexibility index (Phi) is 6.29. The SMILES string of the molecule is CCCOCCOC(=O)[C@@H](N)c1ccccc1. The number of carbonyl (C=O) groups is 1. The first kappa shape index (κ1) is 13.7. The van der Waals surface area contributed by atoms with E-state index in [0.717, 1.165) is 12.0 Å². The Morgan fingerprint density at radius 3 is 2.59 bits per heavy atom. The van der Waals surface area contributed by atoms with Gasteiger partial charge in [0, 0.05) is 6.61 Å². The molecule has 0 radical (unpaired) electrons. The molecule has 1 aromatic carbocycles. The molecule has 94 valence electrons. The van der Waals surface area contributed by atoms with Crippen LogP contribution in [0.25, 0.3) is 0 Å². The zero-order valence-corrected chi connectivity index (χ0v) is 10.1. The van der Waals surface area contributed by atoms with Crippen LogP contribution in [0.4, 0.5) is 0 Å². The topological polar surface area (TPSA) is 61.5 Å². The van der Waals surface area contributed by atoms with Crippen molar-refractivity contribution >= 4 is 5.97 Å². The Balaban J connectivity index is 2.28. The van der Waals surface area contributed by atoms with Gasteiger partial charge in [-0.1, -0.05) is 37.3 Å². The van der Waals surface area contributed by atoms with E-state index in [1.165, 1.54) is 0 Å². The summed E-state index contributed by atoms with van der Waals surface area (Å²) >= 11 is 0. The van der Waals surface area contributed by atoms with Gasteiger partial charge in [0.25, 0.3) is 0 Å². The van der Waals surface area contributed by atoms with Gasteiger partial charge in [-0.15, -0.1) is 0 Å². The number of esters is 1. The van der Waals surface area contributed by atoms with Gasteiger partial charge in [0.15, 0.2) is 0 Å². The molecule has 0 aliphatic carbocycles. The van der Waals surface area contributed by atoms with Gasteiger partial charge < -0.3 is 15.2 Å². The number of benzene rings is 1. The van der Waals surface area contributed by atoms with Crippen molar-refractivity contribution in [1.82, 2.24) is 0 Å². The number of rotatable bonds is 7. The van der Waals surface area contributed by atoms with Crippen LogP contribution in [0.2, 0.25) is 0 Å². The molecule has 4 nitrogen and oxygen atoms in total. The van der Waals surface area contributed by atoms with E-state index in [1.807, 2.05) is 25.1 Å². The summed E-state index contributed by atoms with van der Waals surface area (Å²) in [5, 5.41) is 0. The minimum Gasteiger partial charge on any atom is -0.462 e. The largest absolute Gasteiger partial charge is 0.462 e. The van der Waals surface area contributed by atoms with Crippen LogP contribution in [0.1, 0.15) is 24.9 Å². The first-order valence-electron chi connectivity index (χ1n) is 5.80. The summed E-state index contributed by atoms with van der Waals surface area (Å²) in [4.78, 5) is 11.6. The summed E-state index contributed by atoms with van der Waals surface area (Å²) < 4.78 is 10.2. The Hall–Kier alpha value is -1.39. The Morgan fingerprint density at radius 1 is 1.24 bits per heavy atom. The van der Waals surface area contributed by atoms with Crippen molar-refractivity contribution < 1.29 is 14.3 Å². The predicted molar refractivity (Wildman–Crippen MR) is 65.4 cm³/mol. The third-order valence-electron chi connectivity index (χ3n) is 2.23. The number of hydrogen-bond donors (Lipinski definition) is 1. The summed E-state index contributed by atoms with van der Waals surface area (Å²) in [6, 6.07) is 8.45. The van der Waals surface area contributed by atoms with Gasteiger partial charge in [-0.3, -0.25) is 0 Å². The normalized spacial score (nSPS) is 12.1. The highest BCUT2D eigenvalue weighted by Gasteiger charge is 2.16. The van der Waals surface area contributed by atoms with Crippen molar-refractivity contribution in [2.24, 2.45) is 5.73 Å². The van der Waals surface area contributed by atoms with Crippen LogP contribution in [0.15, 0.2) is 30.3 Å². The summed E-state index contributed by atoms with van der Waals surface area (Å²) in [6.07, 6.45) is 0.956. The van der Waals surface area contributed by atoms with Crippen LogP contribution >= 0.6 is 0 Å². The second-order valence-corrected chi connectivity index (χ2v) is 3.67. The predicted octanol–water partition coefficient (Wildman–Crippen LogP) is 1.66. The van der Waals surface area contributed by atoms with Crippen LogP contribution in [0.5, 0.6) is 0 Å². The van der Waals surface area contributed by atoms with Gasteiger partial charge in [0.1, 0.15) is 12.6 Å². The van der Waals surface area contributed by atoms with Gasteiger partial charge in [-0.2, -0.15) is 0 Å². The average Bonchev–Trinajstić information content (AvgIpc) is 2.38. The first-order valence-corrected chi connectivity index (χ1v) is 5.80. The summed E-state index contributed by atoms with van der Waals surface area (Å²) in [5.41, 5.74) is 6.52. The highest BCUT2D eigenvalue weighted by atomic mass is 16.6. The molecule has 1 atom stereocenters. The molecule has 0 aliphatic heterocycles. The third kappa shape index (κ3) is 4.97. The number of hydrogen-bond acceptors (Lipinski definition) is 4. The van der Waals surface area contributed by atoms with Gasteiger partial charge in [0.05, 0.1) is 6.61 Å². The number of ether oxygens (including phenoxy) is 2. The lowest BCUT2D eigenvalue weighted by Gasteiger charge is -2.11. The van der Waals surface area contributed by atoms with E-state index in [-0.39, 0.29) is 6.61 Å². The smallest absolute Gasteiger partial charge is 0.327 e. The minimum atomic E-state index is -0.720. The third-order valence-corrected chi connectivity index (χ3v) is 2.23. The Labute approximate surface area is 102 Å². The van der Waals surface area contributed by atoms with E-state index in [4.69, 9.17) is 15.2 Å². The monoisotopic (exact) mass is 237 g/mol. The molecule has 0 amide bonds. The fourth-order valence-electron chi connectivity index (χ4n) is 1.33. The van der Waals surface area contributed by atoms with Crippen LogP contribution in [0, 0.1) is 0 Å². The molecule has 0 spiro atoms. The van der Waals surface area contributed by atoms with Gasteiger partial charge in [0.2, 0.25) is 0 Å². The second kappa shape index (κ2) is 7.81. The highest BCUT2D eigenvalue weighted by Crippen LogP contribution is 2.10. The van der Waals surface area contributed by atoms with Crippen molar-refractivity contribution in [3.8, 4) is 0 Å². The van der Waals surface area contributed by atoms with E-state index in [9.17, 15) is 4.79 Å². The molecule has 0 saturated heterocycles. The maximum atomic E-state index is 11.6. The molecule has 2 N–H and O–H groups in total. The Morgan fingerprint density at radius 2 is 1.94 bits per heavy atom. The van der Waals surface area contributed by atoms with Crippen LogP contribution in [-0.2, 0) is 14.3 Å². The molecule has 0 saturated carbocycles. The number of nitrogens with two attached hydrogens (primary N) is 1. The second-order valence-electron chi connectivity index (χ2n) is 3.67. The van der Waals surface area contributed by atoms with E-state index >= 15 is 0 Å². The highest BCUT2D eigenvalue weighted by molar-refractivity contribution is 5.77. The van der Waals surface area contributed by atoms with Gasteiger partial charge in [-0.25, -0.2) is 4.79 Å². The molecule has 0 bridgehead atoms. The molecule has 17 heavy (non-hydrogen) atoms. The summed E-state index contributed by atoms with van der Waals surface area (Å²) in [5.74, 6) is -0.420. The van der Waals surface area contributed by atoms with E-state index < -0.39 is 12.0 Å². The summed E-state index contributed by atoms with van der Waals surface area (Å²) in [7, 11) is 0. The standard InChI is InChI=1S/C13H19NO3/c1-2-8-16-9-10-17-13(15)12(14)11-6-4-3-5-7-11/h3-7,12H,2,8-10,14H2,1H3/t12-/m0/s1. The lowest BCUT2D eigenvalue weighted by Crippen LogP contribution is -2.25. The molecule has 0 aromatic heterocycles. The fraction of sp³-hybridized carbons (Fsp3) is 0.462. The molecule has 0 unspecified atom stereocenters. The van der Waals surface area contributed by atoms with Crippen LogP contribution in [0.3, 0.4) is 0 Å². The van der Waals surface area contributed by atoms with Crippen LogP contribution < -0.4 is 5.73 Å². The maximum absolute atomic E-state index is 11.6. The van der Waals surface area contributed by atoms with Crippen molar-refractivity contribution in [3.63, 3.8) is 0 Å². The molecule has 0 fully saturated rings. The lowest BCUT2D eigenvalue weighted by atomic mass is 10.1. The zero-order valence-electron chi connectivity index (χ0n) is 10.1. The summed E-state index contributed by atoms with van der Waals surface area (Å²) in [6.45, 7) is 3.38. The van der Waals surface area contributed by atoms with E-state index in [0.29, 0.717) is 13.2 Å².